The highest BCUT2D eigenvalue weighted by Gasteiger charge is 2.16. The number of pyridine rings is 1. The van der Waals surface area contributed by atoms with Gasteiger partial charge in [0.25, 0.3) is 0 Å². The summed E-state index contributed by atoms with van der Waals surface area (Å²) in [7, 11) is 0. The lowest BCUT2D eigenvalue weighted by atomic mass is 10.3. The fourth-order valence-electron chi connectivity index (χ4n) is 2.43. The Morgan fingerprint density at radius 2 is 2.04 bits per heavy atom. The van der Waals surface area contributed by atoms with Crippen LogP contribution in [0.2, 0.25) is 0 Å². The summed E-state index contributed by atoms with van der Waals surface area (Å²) in [5, 5.41) is 3.77. The van der Waals surface area contributed by atoms with Crippen LogP contribution in [0.1, 0.15) is 11.3 Å². The number of aromatic nitrogens is 6. The Morgan fingerprint density at radius 3 is 2.83 bits per heavy atom. The number of hydrogen-bond donors (Lipinski definition) is 0. The standard InChI is InChI=1S/C15H12N6O2/c1-10-4-2-7-20-8-11(18-13(10)20)9-21-14(19-23-15(21)22)12-16-5-3-6-17-12/h2-8H,9H2,1H3. The Bertz CT molecular complexity index is 1030. The molecule has 0 unspecified atom stereocenters. The Morgan fingerprint density at radius 1 is 1.22 bits per heavy atom. The van der Waals surface area contributed by atoms with Crippen molar-refractivity contribution in [2.24, 2.45) is 0 Å². The topological polar surface area (TPSA) is 91.1 Å². The molecular weight excluding hydrogens is 296 g/mol. The van der Waals surface area contributed by atoms with Gasteiger partial charge in [-0.2, -0.15) is 0 Å². The molecule has 4 aromatic heterocycles. The van der Waals surface area contributed by atoms with Crippen molar-refractivity contribution in [2.75, 3.05) is 0 Å². The molecular formula is C15H12N6O2. The van der Waals surface area contributed by atoms with Crippen LogP contribution >= 0.6 is 0 Å². The molecule has 0 aromatic carbocycles. The van der Waals surface area contributed by atoms with E-state index in [4.69, 9.17) is 4.52 Å². The number of fused-ring (bicyclic) bond motifs is 1. The van der Waals surface area contributed by atoms with Crippen molar-refractivity contribution in [3.05, 3.63) is 64.8 Å². The highest BCUT2D eigenvalue weighted by atomic mass is 16.5. The number of aryl methyl sites for hydroxylation is 1. The van der Waals surface area contributed by atoms with E-state index < -0.39 is 5.76 Å². The quantitative estimate of drug-likeness (QED) is 0.566. The van der Waals surface area contributed by atoms with Gasteiger partial charge < -0.3 is 4.40 Å². The molecule has 4 heterocycles. The third-order valence-corrected chi connectivity index (χ3v) is 3.50. The van der Waals surface area contributed by atoms with Gasteiger partial charge in [-0.25, -0.2) is 24.3 Å². The maximum Gasteiger partial charge on any atom is 0.442 e. The van der Waals surface area contributed by atoms with E-state index in [-0.39, 0.29) is 12.4 Å². The van der Waals surface area contributed by atoms with Crippen LogP contribution in [0.25, 0.3) is 17.3 Å². The van der Waals surface area contributed by atoms with Crippen molar-refractivity contribution in [1.29, 1.82) is 0 Å². The smallest absolute Gasteiger partial charge is 0.307 e. The van der Waals surface area contributed by atoms with Gasteiger partial charge in [0.05, 0.1) is 12.2 Å². The summed E-state index contributed by atoms with van der Waals surface area (Å²) in [6.45, 7) is 2.22. The summed E-state index contributed by atoms with van der Waals surface area (Å²) < 4.78 is 8.05. The highest BCUT2D eigenvalue weighted by molar-refractivity contribution is 5.48. The van der Waals surface area contributed by atoms with E-state index in [1.54, 1.807) is 18.5 Å². The number of nitrogens with zero attached hydrogens (tertiary/aromatic N) is 6. The van der Waals surface area contributed by atoms with E-state index >= 15 is 0 Å². The minimum absolute atomic E-state index is 0.233. The van der Waals surface area contributed by atoms with Crippen LogP contribution in [-0.4, -0.2) is 29.1 Å². The van der Waals surface area contributed by atoms with E-state index in [0.29, 0.717) is 5.82 Å². The van der Waals surface area contributed by atoms with Gasteiger partial charge in [0.15, 0.2) is 5.82 Å². The summed E-state index contributed by atoms with van der Waals surface area (Å²) in [5.41, 5.74) is 2.63. The third kappa shape index (κ3) is 2.30. The first-order chi connectivity index (χ1) is 11.2. The molecule has 8 nitrogen and oxygen atoms in total. The molecule has 0 fully saturated rings. The van der Waals surface area contributed by atoms with Crippen LogP contribution in [0.5, 0.6) is 0 Å². The number of imidazole rings is 1. The van der Waals surface area contributed by atoms with Crippen molar-refractivity contribution in [3.63, 3.8) is 0 Å². The molecule has 0 N–H and O–H groups in total. The first-order valence-electron chi connectivity index (χ1n) is 6.99. The molecule has 0 radical (unpaired) electrons. The number of rotatable bonds is 3. The Balaban J connectivity index is 1.78. The Hall–Kier alpha value is -3.29. The molecule has 0 atom stereocenters. The van der Waals surface area contributed by atoms with Gasteiger partial charge in [-0.05, 0) is 24.6 Å². The molecule has 0 aliphatic heterocycles. The van der Waals surface area contributed by atoms with Gasteiger partial charge in [0, 0.05) is 24.8 Å². The van der Waals surface area contributed by atoms with Gasteiger partial charge in [-0.15, -0.1) is 0 Å². The van der Waals surface area contributed by atoms with Crippen molar-refractivity contribution < 1.29 is 4.52 Å². The van der Waals surface area contributed by atoms with Gasteiger partial charge in [-0.1, -0.05) is 11.2 Å². The molecule has 4 aromatic rings. The largest absolute Gasteiger partial charge is 0.442 e. The molecule has 23 heavy (non-hydrogen) atoms. The predicted molar refractivity (Wildman–Crippen MR) is 80.8 cm³/mol. The zero-order chi connectivity index (χ0) is 15.8. The predicted octanol–water partition coefficient (Wildman–Crippen LogP) is 1.30. The van der Waals surface area contributed by atoms with Gasteiger partial charge in [-0.3, -0.25) is 4.52 Å². The monoisotopic (exact) mass is 308 g/mol. The van der Waals surface area contributed by atoms with Gasteiger partial charge in [0.1, 0.15) is 5.65 Å². The molecule has 114 valence electrons. The van der Waals surface area contributed by atoms with Crippen molar-refractivity contribution in [3.8, 4) is 11.6 Å². The van der Waals surface area contributed by atoms with Crippen LogP contribution in [0.3, 0.4) is 0 Å². The second-order valence-corrected chi connectivity index (χ2v) is 5.08. The maximum atomic E-state index is 11.9. The second kappa shape index (κ2) is 5.16. The molecule has 0 bridgehead atoms. The summed E-state index contributed by atoms with van der Waals surface area (Å²) in [5.74, 6) is 0.0453. The lowest BCUT2D eigenvalue weighted by Crippen LogP contribution is -2.17. The van der Waals surface area contributed by atoms with Crippen molar-refractivity contribution in [2.45, 2.75) is 13.5 Å². The van der Waals surface area contributed by atoms with E-state index in [1.807, 2.05) is 35.9 Å². The van der Waals surface area contributed by atoms with E-state index in [9.17, 15) is 4.79 Å². The first-order valence-corrected chi connectivity index (χ1v) is 6.99. The average molecular weight is 308 g/mol. The minimum atomic E-state index is -0.568. The zero-order valence-electron chi connectivity index (χ0n) is 12.2. The average Bonchev–Trinajstić information content (AvgIpc) is 3.14. The van der Waals surface area contributed by atoms with E-state index in [0.717, 1.165) is 16.9 Å². The first kappa shape index (κ1) is 13.4. The SMILES string of the molecule is Cc1cccn2cc(Cn3c(-c4ncccn4)noc3=O)nc12. The molecule has 0 aliphatic rings. The van der Waals surface area contributed by atoms with E-state index in [2.05, 4.69) is 20.1 Å². The minimum Gasteiger partial charge on any atom is -0.307 e. The fraction of sp³-hybridized carbons (Fsp3) is 0.133. The zero-order valence-corrected chi connectivity index (χ0v) is 12.2. The third-order valence-electron chi connectivity index (χ3n) is 3.50. The molecule has 4 rings (SSSR count). The summed E-state index contributed by atoms with van der Waals surface area (Å²) in [6, 6.07) is 5.63. The van der Waals surface area contributed by atoms with Crippen LogP contribution in [-0.2, 0) is 6.54 Å². The summed E-state index contributed by atoms with van der Waals surface area (Å²) in [4.78, 5) is 24.7. The van der Waals surface area contributed by atoms with Crippen LogP contribution in [0.4, 0.5) is 0 Å². The van der Waals surface area contributed by atoms with Crippen molar-refractivity contribution >= 4 is 5.65 Å². The van der Waals surface area contributed by atoms with Crippen LogP contribution in [0.15, 0.2) is 52.3 Å². The summed E-state index contributed by atoms with van der Waals surface area (Å²) >= 11 is 0. The van der Waals surface area contributed by atoms with Gasteiger partial charge >= 0.3 is 5.76 Å². The van der Waals surface area contributed by atoms with Crippen LogP contribution in [0, 0.1) is 6.92 Å². The lowest BCUT2D eigenvalue weighted by Gasteiger charge is -2.00. The molecule has 0 amide bonds. The molecule has 0 aliphatic carbocycles. The Kier molecular flexibility index (Phi) is 3.00. The number of hydrogen-bond acceptors (Lipinski definition) is 6. The van der Waals surface area contributed by atoms with E-state index in [1.165, 1.54) is 4.57 Å². The highest BCUT2D eigenvalue weighted by Crippen LogP contribution is 2.13. The Labute approximate surface area is 130 Å². The van der Waals surface area contributed by atoms with Crippen molar-refractivity contribution in [1.82, 2.24) is 29.1 Å². The lowest BCUT2D eigenvalue weighted by molar-refractivity contribution is 0.378. The fourth-order valence-corrected chi connectivity index (χ4v) is 2.43. The van der Waals surface area contributed by atoms with Gasteiger partial charge in [0.2, 0.25) is 5.82 Å². The molecule has 0 saturated carbocycles. The molecule has 0 spiro atoms. The molecule has 8 heteroatoms. The second-order valence-electron chi connectivity index (χ2n) is 5.08. The molecule has 0 saturated heterocycles. The van der Waals surface area contributed by atoms with Crippen LogP contribution < -0.4 is 5.76 Å². The normalized spacial score (nSPS) is 11.2. The summed E-state index contributed by atoms with van der Waals surface area (Å²) in [6.07, 6.45) is 6.95. The maximum absolute atomic E-state index is 11.9.